The average molecular weight is 352 g/mol. The fraction of sp³-hybridized carbons (Fsp3) is 0.200. The van der Waals surface area contributed by atoms with Crippen LogP contribution in [0.1, 0.15) is 0 Å². The van der Waals surface area contributed by atoms with E-state index >= 15 is 0 Å². The lowest BCUT2D eigenvalue weighted by Crippen LogP contribution is -2.26. The zero-order chi connectivity index (χ0) is 18.5. The molecule has 1 heterocycles. The van der Waals surface area contributed by atoms with Gasteiger partial charge in [0.05, 0.1) is 39.1 Å². The second kappa shape index (κ2) is 7.84. The van der Waals surface area contributed by atoms with E-state index in [1.54, 1.807) is 20.4 Å². The van der Waals surface area contributed by atoms with E-state index in [4.69, 9.17) is 9.47 Å². The molecule has 0 aliphatic rings. The van der Waals surface area contributed by atoms with Crippen LogP contribution in [0.5, 0.6) is 11.5 Å². The van der Waals surface area contributed by atoms with Gasteiger partial charge in [-0.2, -0.15) is 5.10 Å². The van der Waals surface area contributed by atoms with E-state index in [2.05, 4.69) is 5.10 Å². The molecule has 134 valence electrons. The molecule has 1 aromatic heterocycles. The summed E-state index contributed by atoms with van der Waals surface area (Å²) in [5.74, 6) is 1.45. The van der Waals surface area contributed by atoms with Gasteiger partial charge in [-0.05, 0) is 35.4 Å². The highest BCUT2D eigenvalue weighted by atomic mass is 16.5. The normalized spacial score (nSPS) is 10.6. The zero-order valence-electron chi connectivity index (χ0n) is 14.7. The molecule has 0 fully saturated rings. The van der Waals surface area contributed by atoms with Gasteiger partial charge in [0.25, 0.3) is 5.56 Å². The maximum atomic E-state index is 13.0. The van der Waals surface area contributed by atoms with Gasteiger partial charge in [-0.1, -0.05) is 24.3 Å². The summed E-state index contributed by atoms with van der Waals surface area (Å²) in [5.41, 5.74) is 2.61. The fourth-order valence-corrected chi connectivity index (χ4v) is 2.77. The van der Waals surface area contributed by atoms with E-state index < -0.39 is 0 Å². The minimum absolute atomic E-state index is 0.144. The Hall–Kier alpha value is -3.12. The summed E-state index contributed by atoms with van der Waals surface area (Å²) in [6.45, 7) is -0.0122. The number of hydrogen-bond acceptors (Lipinski definition) is 5. The van der Waals surface area contributed by atoms with Crippen molar-refractivity contribution in [3.05, 3.63) is 65.1 Å². The van der Waals surface area contributed by atoms with E-state index in [1.165, 1.54) is 4.68 Å². The minimum Gasteiger partial charge on any atom is -0.497 e. The number of hydrogen-bond donors (Lipinski definition) is 1. The summed E-state index contributed by atoms with van der Waals surface area (Å²) >= 11 is 0. The minimum atomic E-state index is -0.252. The van der Waals surface area contributed by atoms with Crippen LogP contribution in [0.2, 0.25) is 0 Å². The van der Waals surface area contributed by atoms with E-state index in [-0.39, 0.29) is 18.7 Å². The van der Waals surface area contributed by atoms with Gasteiger partial charge in [-0.15, -0.1) is 0 Å². The van der Waals surface area contributed by atoms with Crippen molar-refractivity contribution in [3.63, 3.8) is 0 Å². The number of rotatable bonds is 6. The maximum Gasteiger partial charge on any atom is 0.275 e. The van der Waals surface area contributed by atoms with E-state index in [1.807, 2.05) is 48.5 Å². The molecule has 6 heteroatoms. The molecule has 0 aliphatic carbocycles. The lowest BCUT2D eigenvalue weighted by Gasteiger charge is -2.13. The molecule has 0 atom stereocenters. The SMILES string of the molecule is COc1ccc(-c2cnn(CCO)c(=O)c2-c2ccc(OC)cc2)cc1. The summed E-state index contributed by atoms with van der Waals surface area (Å²) in [6, 6.07) is 14.8. The van der Waals surface area contributed by atoms with Crippen molar-refractivity contribution in [2.24, 2.45) is 0 Å². The van der Waals surface area contributed by atoms with Crippen LogP contribution < -0.4 is 15.0 Å². The van der Waals surface area contributed by atoms with Crippen molar-refractivity contribution in [2.75, 3.05) is 20.8 Å². The third-order valence-corrected chi connectivity index (χ3v) is 4.14. The van der Waals surface area contributed by atoms with Crippen LogP contribution in [0.4, 0.5) is 0 Å². The molecule has 3 aromatic rings. The predicted molar refractivity (Wildman–Crippen MR) is 99.6 cm³/mol. The highest BCUT2D eigenvalue weighted by Gasteiger charge is 2.15. The number of nitrogens with zero attached hydrogens (tertiary/aromatic N) is 2. The van der Waals surface area contributed by atoms with Gasteiger partial charge in [0.2, 0.25) is 0 Å². The Morgan fingerprint density at radius 2 is 1.46 bits per heavy atom. The molecule has 0 saturated carbocycles. The van der Waals surface area contributed by atoms with Crippen LogP contribution in [0, 0.1) is 0 Å². The third-order valence-electron chi connectivity index (χ3n) is 4.14. The summed E-state index contributed by atoms with van der Waals surface area (Å²) in [5, 5.41) is 13.4. The van der Waals surface area contributed by atoms with Gasteiger partial charge in [0, 0.05) is 5.56 Å². The van der Waals surface area contributed by atoms with Crippen LogP contribution in [0.25, 0.3) is 22.3 Å². The molecule has 0 amide bonds. The third kappa shape index (κ3) is 3.45. The van der Waals surface area contributed by atoms with Gasteiger partial charge in [0.1, 0.15) is 11.5 Å². The first-order chi connectivity index (χ1) is 12.7. The molecule has 26 heavy (non-hydrogen) atoms. The molecular formula is C20H20N2O4. The van der Waals surface area contributed by atoms with Gasteiger partial charge >= 0.3 is 0 Å². The highest BCUT2D eigenvalue weighted by Crippen LogP contribution is 2.30. The Morgan fingerprint density at radius 3 is 1.96 bits per heavy atom. The summed E-state index contributed by atoms with van der Waals surface area (Å²) in [4.78, 5) is 13.0. The molecule has 0 spiro atoms. The van der Waals surface area contributed by atoms with Crippen molar-refractivity contribution >= 4 is 0 Å². The Morgan fingerprint density at radius 1 is 0.923 bits per heavy atom. The summed E-state index contributed by atoms with van der Waals surface area (Å²) < 4.78 is 11.7. The lowest BCUT2D eigenvalue weighted by molar-refractivity contribution is 0.266. The number of aliphatic hydroxyl groups is 1. The molecule has 2 aromatic carbocycles. The molecular weight excluding hydrogens is 332 g/mol. The smallest absolute Gasteiger partial charge is 0.275 e. The van der Waals surface area contributed by atoms with Crippen molar-refractivity contribution in [3.8, 4) is 33.8 Å². The largest absolute Gasteiger partial charge is 0.497 e. The Balaban J connectivity index is 2.19. The maximum absolute atomic E-state index is 13.0. The van der Waals surface area contributed by atoms with Crippen LogP contribution in [-0.2, 0) is 6.54 Å². The molecule has 3 rings (SSSR count). The Bertz CT molecular complexity index is 932. The zero-order valence-corrected chi connectivity index (χ0v) is 14.7. The van der Waals surface area contributed by atoms with E-state index in [9.17, 15) is 9.90 Å². The predicted octanol–water partition coefficient (Wildman–Crippen LogP) is 2.59. The Labute approximate surface area is 151 Å². The number of aliphatic hydroxyl groups excluding tert-OH is 1. The molecule has 0 saturated heterocycles. The van der Waals surface area contributed by atoms with Gasteiger partial charge in [-0.25, -0.2) is 4.68 Å². The quantitative estimate of drug-likeness (QED) is 0.738. The molecule has 0 aliphatic heterocycles. The number of aromatic nitrogens is 2. The standard InChI is InChI=1S/C20H20N2O4/c1-25-16-7-3-14(4-8-16)18-13-21-22(11-12-23)20(24)19(18)15-5-9-17(26-2)10-6-15/h3-10,13,23H,11-12H2,1-2H3. The van der Waals surface area contributed by atoms with Crippen LogP contribution in [-0.4, -0.2) is 35.7 Å². The van der Waals surface area contributed by atoms with Crippen molar-refractivity contribution in [1.82, 2.24) is 9.78 Å². The summed E-state index contributed by atoms with van der Waals surface area (Å²) in [7, 11) is 3.20. The first kappa shape index (κ1) is 17.7. The fourth-order valence-electron chi connectivity index (χ4n) is 2.77. The number of methoxy groups -OCH3 is 2. The van der Waals surface area contributed by atoms with E-state index in [0.29, 0.717) is 11.3 Å². The van der Waals surface area contributed by atoms with Gasteiger partial charge < -0.3 is 14.6 Å². The van der Waals surface area contributed by atoms with E-state index in [0.717, 1.165) is 22.4 Å². The second-order valence-corrected chi connectivity index (χ2v) is 5.64. The molecule has 0 radical (unpaired) electrons. The van der Waals surface area contributed by atoms with Crippen molar-refractivity contribution < 1.29 is 14.6 Å². The molecule has 1 N–H and O–H groups in total. The Kier molecular flexibility index (Phi) is 5.34. The number of benzene rings is 2. The first-order valence-electron chi connectivity index (χ1n) is 8.17. The number of ether oxygens (including phenoxy) is 2. The lowest BCUT2D eigenvalue weighted by atomic mass is 9.97. The van der Waals surface area contributed by atoms with Gasteiger partial charge in [-0.3, -0.25) is 4.79 Å². The van der Waals surface area contributed by atoms with Crippen molar-refractivity contribution in [2.45, 2.75) is 6.54 Å². The van der Waals surface area contributed by atoms with Crippen molar-refractivity contribution in [1.29, 1.82) is 0 Å². The summed E-state index contributed by atoms with van der Waals surface area (Å²) in [6.07, 6.45) is 1.65. The van der Waals surface area contributed by atoms with Crippen LogP contribution >= 0.6 is 0 Å². The first-order valence-corrected chi connectivity index (χ1v) is 8.17. The van der Waals surface area contributed by atoms with Crippen LogP contribution in [0.3, 0.4) is 0 Å². The second-order valence-electron chi connectivity index (χ2n) is 5.64. The average Bonchev–Trinajstić information content (AvgIpc) is 2.70. The monoisotopic (exact) mass is 352 g/mol. The highest BCUT2D eigenvalue weighted by molar-refractivity contribution is 5.82. The van der Waals surface area contributed by atoms with Gasteiger partial charge in [0.15, 0.2) is 0 Å². The molecule has 0 unspecified atom stereocenters. The molecule has 6 nitrogen and oxygen atoms in total. The molecule has 0 bridgehead atoms. The van der Waals surface area contributed by atoms with Crippen LogP contribution in [0.15, 0.2) is 59.5 Å². The topological polar surface area (TPSA) is 73.6 Å².